The van der Waals surface area contributed by atoms with Crippen LogP contribution in [-0.4, -0.2) is 34.3 Å². The van der Waals surface area contributed by atoms with Gasteiger partial charge < -0.3 is 5.32 Å². The Morgan fingerprint density at radius 3 is 2.89 bits per heavy atom. The minimum absolute atomic E-state index is 0.486. The zero-order valence-corrected chi connectivity index (χ0v) is 16.0. The number of aromatic nitrogens is 7. The Morgan fingerprint density at radius 1 is 1.19 bits per heavy atom. The van der Waals surface area contributed by atoms with Gasteiger partial charge in [0.2, 0.25) is 10.9 Å². The number of anilines is 2. The second-order valence-corrected chi connectivity index (χ2v) is 7.61. The van der Waals surface area contributed by atoms with E-state index in [1.807, 2.05) is 35.7 Å². The number of halogens is 1. The minimum atomic E-state index is 0.486. The molecule has 8 nitrogen and oxygen atoms in total. The molecule has 0 fully saturated rings. The molecule has 0 saturated carbocycles. The first-order valence-electron chi connectivity index (χ1n) is 8.14. The second-order valence-electron chi connectivity index (χ2n) is 5.99. The zero-order valence-electron chi connectivity index (χ0n) is 14.4. The summed E-state index contributed by atoms with van der Waals surface area (Å²) in [5.74, 6) is 1.08. The van der Waals surface area contributed by atoms with Crippen molar-refractivity contribution in [1.82, 2.24) is 34.3 Å². The number of aryl methyl sites for hydroxylation is 2. The summed E-state index contributed by atoms with van der Waals surface area (Å²) in [4.78, 5) is 15.3. The van der Waals surface area contributed by atoms with Crippen molar-refractivity contribution in [2.75, 3.05) is 5.32 Å². The molecule has 0 saturated heterocycles. The van der Waals surface area contributed by atoms with E-state index in [0.717, 1.165) is 21.7 Å². The van der Waals surface area contributed by atoms with Crippen LogP contribution in [0.4, 0.5) is 11.8 Å². The second kappa shape index (κ2) is 6.00. The molecule has 0 unspecified atom stereocenters. The predicted molar refractivity (Wildman–Crippen MR) is 105 cm³/mol. The monoisotopic (exact) mass is 396 g/mol. The first kappa shape index (κ1) is 16.2. The fourth-order valence-electron chi connectivity index (χ4n) is 2.84. The Labute approximate surface area is 162 Å². The summed E-state index contributed by atoms with van der Waals surface area (Å²) in [7, 11) is 0. The van der Waals surface area contributed by atoms with Gasteiger partial charge in [-0.2, -0.15) is 10.1 Å². The van der Waals surface area contributed by atoms with Crippen LogP contribution in [0.2, 0.25) is 5.02 Å². The smallest absolute Gasteiger partial charge is 0.249 e. The van der Waals surface area contributed by atoms with Gasteiger partial charge in [0.25, 0.3) is 0 Å². The summed E-state index contributed by atoms with van der Waals surface area (Å²) >= 11 is 7.70. The third-order valence-electron chi connectivity index (χ3n) is 4.30. The van der Waals surface area contributed by atoms with E-state index in [4.69, 9.17) is 11.6 Å². The highest BCUT2D eigenvalue weighted by atomic mass is 35.5. The fraction of sp³-hybridized carbons (Fsp3) is 0.118. The van der Waals surface area contributed by atoms with Crippen molar-refractivity contribution in [1.29, 1.82) is 0 Å². The molecule has 0 radical (unpaired) electrons. The van der Waals surface area contributed by atoms with E-state index in [9.17, 15) is 0 Å². The molecule has 0 aliphatic heterocycles. The summed E-state index contributed by atoms with van der Waals surface area (Å²) in [5.41, 5.74) is 2.58. The van der Waals surface area contributed by atoms with Gasteiger partial charge in [-0.3, -0.25) is 0 Å². The van der Waals surface area contributed by atoms with Gasteiger partial charge in [0.15, 0.2) is 5.65 Å². The van der Waals surface area contributed by atoms with Gasteiger partial charge in [0.05, 0.1) is 23.0 Å². The SMILES string of the molecule is Cc1sc2nc(Nc3ncnc4c3cnn4-c3cccc(Cl)c3)nn2c1C. The molecule has 1 aromatic carbocycles. The maximum Gasteiger partial charge on any atom is 0.249 e. The molecule has 1 N–H and O–H groups in total. The van der Waals surface area contributed by atoms with Crippen LogP contribution in [0.1, 0.15) is 10.6 Å². The summed E-state index contributed by atoms with van der Waals surface area (Å²) < 4.78 is 3.55. The number of rotatable bonds is 3. The molecule has 0 amide bonds. The van der Waals surface area contributed by atoms with Gasteiger partial charge in [-0.05, 0) is 32.0 Å². The van der Waals surface area contributed by atoms with Crippen LogP contribution >= 0.6 is 22.9 Å². The lowest BCUT2D eigenvalue weighted by molar-refractivity contribution is 0.895. The van der Waals surface area contributed by atoms with Gasteiger partial charge in [-0.25, -0.2) is 19.2 Å². The topological polar surface area (TPSA) is 85.8 Å². The van der Waals surface area contributed by atoms with Gasteiger partial charge in [0, 0.05) is 9.90 Å². The summed E-state index contributed by atoms with van der Waals surface area (Å²) in [6.45, 7) is 4.08. The number of hydrogen-bond donors (Lipinski definition) is 1. The lowest BCUT2D eigenvalue weighted by atomic mass is 10.3. The average Bonchev–Trinajstić information content (AvgIpc) is 3.31. The number of hydrogen-bond acceptors (Lipinski definition) is 7. The molecule has 134 valence electrons. The predicted octanol–water partition coefficient (Wildman–Crippen LogP) is 3.93. The van der Waals surface area contributed by atoms with Crippen LogP contribution in [0.25, 0.3) is 21.7 Å². The Morgan fingerprint density at radius 2 is 2.07 bits per heavy atom. The van der Waals surface area contributed by atoms with Gasteiger partial charge in [-0.15, -0.1) is 5.10 Å². The number of thiazole rings is 1. The highest BCUT2D eigenvalue weighted by Crippen LogP contribution is 2.26. The molecule has 27 heavy (non-hydrogen) atoms. The molecule has 5 rings (SSSR count). The first-order chi connectivity index (χ1) is 13.1. The molecule has 0 aliphatic rings. The van der Waals surface area contributed by atoms with E-state index in [1.54, 1.807) is 22.2 Å². The maximum absolute atomic E-state index is 6.10. The van der Waals surface area contributed by atoms with Crippen molar-refractivity contribution in [3.63, 3.8) is 0 Å². The minimum Gasteiger partial charge on any atom is -0.307 e. The van der Waals surface area contributed by atoms with Crippen molar-refractivity contribution in [2.24, 2.45) is 0 Å². The lowest BCUT2D eigenvalue weighted by Gasteiger charge is -2.04. The van der Waals surface area contributed by atoms with Crippen LogP contribution in [-0.2, 0) is 0 Å². The molecule has 0 aliphatic carbocycles. The highest BCUT2D eigenvalue weighted by molar-refractivity contribution is 7.17. The molecule has 4 aromatic heterocycles. The fourth-order valence-corrected chi connectivity index (χ4v) is 3.93. The molecule has 4 heterocycles. The Hall–Kier alpha value is -3.04. The molecule has 0 spiro atoms. The molecule has 10 heteroatoms. The molecule has 5 aromatic rings. The van der Waals surface area contributed by atoms with Gasteiger partial charge in [0.1, 0.15) is 12.1 Å². The van der Waals surface area contributed by atoms with Crippen LogP contribution in [0, 0.1) is 13.8 Å². The third kappa shape index (κ3) is 2.63. The van der Waals surface area contributed by atoms with Crippen molar-refractivity contribution < 1.29 is 0 Å². The number of nitrogens with zero attached hydrogens (tertiary/aromatic N) is 7. The first-order valence-corrected chi connectivity index (χ1v) is 9.34. The largest absolute Gasteiger partial charge is 0.307 e. The van der Waals surface area contributed by atoms with Crippen molar-refractivity contribution in [3.05, 3.63) is 52.4 Å². The Kier molecular flexibility index (Phi) is 3.59. The highest BCUT2D eigenvalue weighted by Gasteiger charge is 2.15. The Bertz CT molecular complexity index is 1300. The van der Waals surface area contributed by atoms with E-state index in [-0.39, 0.29) is 0 Å². The third-order valence-corrected chi connectivity index (χ3v) is 5.58. The van der Waals surface area contributed by atoms with E-state index >= 15 is 0 Å². The average molecular weight is 397 g/mol. The van der Waals surface area contributed by atoms with E-state index in [0.29, 0.717) is 22.4 Å². The number of fused-ring (bicyclic) bond motifs is 2. The van der Waals surface area contributed by atoms with Crippen molar-refractivity contribution in [2.45, 2.75) is 13.8 Å². The van der Waals surface area contributed by atoms with Crippen LogP contribution in [0.3, 0.4) is 0 Å². The molecule has 0 bridgehead atoms. The molecular weight excluding hydrogens is 384 g/mol. The van der Waals surface area contributed by atoms with Crippen LogP contribution in [0.15, 0.2) is 36.8 Å². The van der Waals surface area contributed by atoms with E-state index in [1.165, 1.54) is 11.2 Å². The lowest BCUT2D eigenvalue weighted by Crippen LogP contribution is -2.00. The number of benzene rings is 1. The summed E-state index contributed by atoms with van der Waals surface area (Å²) in [6.07, 6.45) is 3.20. The van der Waals surface area contributed by atoms with Gasteiger partial charge in [-0.1, -0.05) is 29.0 Å². The van der Waals surface area contributed by atoms with E-state index < -0.39 is 0 Å². The standard InChI is InChI=1S/C17H13ClN8S/c1-9-10(2)27-17-23-16(24-25(9)17)22-14-13-7-21-26(15(13)20-8-19-14)12-5-3-4-11(18)6-12/h3-8H,1-2H3,(H,19,20,22,24). The van der Waals surface area contributed by atoms with E-state index in [2.05, 4.69) is 37.4 Å². The van der Waals surface area contributed by atoms with Crippen LogP contribution in [0.5, 0.6) is 0 Å². The van der Waals surface area contributed by atoms with Crippen molar-refractivity contribution in [3.8, 4) is 5.69 Å². The summed E-state index contributed by atoms with van der Waals surface area (Å²) in [6, 6.07) is 7.44. The number of nitrogens with one attached hydrogen (secondary N) is 1. The van der Waals surface area contributed by atoms with Gasteiger partial charge >= 0.3 is 0 Å². The molecule has 0 atom stereocenters. The Balaban J connectivity index is 1.57. The van der Waals surface area contributed by atoms with Crippen molar-refractivity contribution >= 4 is 50.7 Å². The zero-order chi connectivity index (χ0) is 18.5. The maximum atomic E-state index is 6.10. The quantitative estimate of drug-likeness (QED) is 0.497. The summed E-state index contributed by atoms with van der Waals surface area (Å²) in [5, 5.41) is 13.5. The molecular formula is C17H13ClN8S. The van der Waals surface area contributed by atoms with Crippen LogP contribution < -0.4 is 5.32 Å². The normalized spacial score (nSPS) is 11.5.